The second kappa shape index (κ2) is 5.37. The summed E-state index contributed by atoms with van der Waals surface area (Å²) in [6, 6.07) is 10.7. The van der Waals surface area contributed by atoms with Crippen molar-refractivity contribution in [1.82, 2.24) is 0 Å². The summed E-state index contributed by atoms with van der Waals surface area (Å²) in [5, 5.41) is 0. The highest BCUT2D eigenvalue weighted by Gasteiger charge is 2.27. The van der Waals surface area contributed by atoms with Crippen molar-refractivity contribution in [2.24, 2.45) is 5.73 Å². The summed E-state index contributed by atoms with van der Waals surface area (Å²) in [5.74, 6) is 1.21. The molecule has 21 heavy (non-hydrogen) atoms. The molecule has 3 rings (SSSR count). The number of aryl methyl sites for hydroxylation is 1. The van der Waals surface area contributed by atoms with Gasteiger partial charge in [-0.2, -0.15) is 0 Å². The van der Waals surface area contributed by atoms with Crippen molar-refractivity contribution in [2.45, 2.75) is 25.5 Å². The third-order valence-corrected chi connectivity index (χ3v) is 3.93. The van der Waals surface area contributed by atoms with Crippen molar-refractivity contribution in [1.29, 1.82) is 0 Å². The zero-order chi connectivity index (χ0) is 15.0. The molecule has 0 aliphatic carbocycles. The van der Waals surface area contributed by atoms with Gasteiger partial charge in [0, 0.05) is 24.1 Å². The van der Waals surface area contributed by atoms with E-state index in [1.54, 1.807) is 20.1 Å². The molecule has 4 heteroatoms. The van der Waals surface area contributed by atoms with Gasteiger partial charge in [-0.3, -0.25) is 0 Å². The number of benzene rings is 2. The van der Waals surface area contributed by atoms with E-state index in [1.807, 2.05) is 24.3 Å². The van der Waals surface area contributed by atoms with Gasteiger partial charge in [0.1, 0.15) is 23.4 Å². The number of nitrogens with two attached hydrogens (primary N) is 1. The van der Waals surface area contributed by atoms with Gasteiger partial charge in [0.05, 0.1) is 7.11 Å². The minimum atomic E-state index is -0.241. The monoisotopic (exact) mass is 287 g/mol. The van der Waals surface area contributed by atoms with Crippen LogP contribution in [0.4, 0.5) is 4.39 Å². The van der Waals surface area contributed by atoms with E-state index >= 15 is 0 Å². The molecule has 2 aromatic rings. The van der Waals surface area contributed by atoms with Gasteiger partial charge in [-0.25, -0.2) is 4.39 Å². The van der Waals surface area contributed by atoms with E-state index in [2.05, 4.69) is 0 Å². The first kappa shape index (κ1) is 13.9. The van der Waals surface area contributed by atoms with Crippen LogP contribution >= 0.6 is 0 Å². The topological polar surface area (TPSA) is 44.5 Å². The maximum absolute atomic E-state index is 13.7. The molecule has 2 atom stereocenters. The van der Waals surface area contributed by atoms with E-state index in [1.165, 1.54) is 6.07 Å². The number of methoxy groups -OCH3 is 1. The number of fused-ring (bicyclic) bond motifs is 1. The van der Waals surface area contributed by atoms with Crippen LogP contribution in [0.5, 0.6) is 11.5 Å². The van der Waals surface area contributed by atoms with E-state index in [9.17, 15) is 4.39 Å². The molecule has 0 amide bonds. The lowest BCUT2D eigenvalue weighted by Crippen LogP contribution is -2.24. The Balaban J connectivity index is 1.94. The normalized spacial score (nSPS) is 20.6. The highest BCUT2D eigenvalue weighted by molar-refractivity contribution is 5.44. The van der Waals surface area contributed by atoms with E-state index < -0.39 is 0 Å². The Morgan fingerprint density at radius 1 is 1.24 bits per heavy atom. The Morgan fingerprint density at radius 3 is 2.76 bits per heavy atom. The summed E-state index contributed by atoms with van der Waals surface area (Å²) >= 11 is 0. The molecule has 0 fully saturated rings. The van der Waals surface area contributed by atoms with Crippen LogP contribution in [0, 0.1) is 12.7 Å². The predicted molar refractivity (Wildman–Crippen MR) is 79.0 cm³/mol. The largest absolute Gasteiger partial charge is 0.497 e. The van der Waals surface area contributed by atoms with Gasteiger partial charge in [-0.05, 0) is 30.2 Å². The summed E-state index contributed by atoms with van der Waals surface area (Å²) in [6.07, 6.45) is 0.386. The van der Waals surface area contributed by atoms with Crippen molar-refractivity contribution < 1.29 is 13.9 Å². The SMILES string of the molecule is COc1ccc2c(c1)OC(c1ccc(C)c(F)c1)C[C@H]2N. The first-order chi connectivity index (χ1) is 10.1. The van der Waals surface area contributed by atoms with Gasteiger partial charge >= 0.3 is 0 Å². The van der Waals surface area contributed by atoms with Crippen molar-refractivity contribution >= 4 is 0 Å². The summed E-state index contributed by atoms with van der Waals surface area (Å²) in [4.78, 5) is 0. The van der Waals surface area contributed by atoms with Gasteiger partial charge < -0.3 is 15.2 Å². The summed E-state index contributed by atoms with van der Waals surface area (Å²) in [5.41, 5.74) is 8.61. The Labute approximate surface area is 123 Å². The molecule has 110 valence electrons. The molecular weight excluding hydrogens is 269 g/mol. The van der Waals surface area contributed by atoms with Gasteiger partial charge in [-0.15, -0.1) is 0 Å². The highest BCUT2D eigenvalue weighted by Crippen LogP contribution is 2.41. The minimum absolute atomic E-state index is 0.131. The third kappa shape index (κ3) is 2.59. The molecule has 1 heterocycles. The molecule has 0 bridgehead atoms. The molecule has 2 aromatic carbocycles. The van der Waals surface area contributed by atoms with Crippen LogP contribution in [0.2, 0.25) is 0 Å². The molecule has 1 unspecified atom stereocenters. The lowest BCUT2D eigenvalue weighted by atomic mass is 9.93. The maximum atomic E-state index is 13.7. The average Bonchev–Trinajstić information content (AvgIpc) is 2.49. The summed E-state index contributed by atoms with van der Waals surface area (Å²) in [7, 11) is 1.61. The molecule has 0 saturated carbocycles. The average molecular weight is 287 g/mol. The number of ether oxygens (including phenoxy) is 2. The molecule has 0 saturated heterocycles. The van der Waals surface area contributed by atoms with E-state index in [-0.39, 0.29) is 18.0 Å². The van der Waals surface area contributed by atoms with Crippen LogP contribution in [-0.2, 0) is 0 Å². The fourth-order valence-electron chi connectivity index (χ4n) is 2.62. The minimum Gasteiger partial charge on any atom is -0.497 e. The predicted octanol–water partition coefficient (Wildman–Crippen LogP) is 3.67. The maximum Gasteiger partial charge on any atom is 0.128 e. The summed E-state index contributed by atoms with van der Waals surface area (Å²) in [6.45, 7) is 1.74. The number of halogens is 1. The van der Waals surface area contributed by atoms with Crippen molar-refractivity contribution in [2.75, 3.05) is 7.11 Å². The van der Waals surface area contributed by atoms with Crippen LogP contribution in [0.3, 0.4) is 0 Å². The number of rotatable bonds is 2. The van der Waals surface area contributed by atoms with Crippen molar-refractivity contribution in [3.63, 3.8) is 0 Å². The smallest absolute Gasteiger partial charge is 0.128 e. The molecule has 1 aliphatic rings. The Hall–Kier alpha value is -2.07. The van der Waals surface area contributed by atoms with Crippen LogP contribution in [0.15, 0.2) is 36.4 Å². The van der Waals surface area contributed by atoms with Crippen LogP contribution in [0.25, 0.3) is 0 Å². The van der Waals surface area contributed by atoms with Gasteiger partial charge in [0.25, 0.3) is 0 Å². The van der Waals surface area contributed by atoms with E-state index in [0.29, 0.717) is 17.7 Å². The van der Waals surface area contributed by atoms with Gasteiger partial charge in [0.15, 0.2) is 0 Å². The molecule has 3 nitrogen and oxygen atoms in total. The molecule has 0 spiro atoms. The first-order valence-electron chi connectivity index (χ1n) is 6.94. The second-order valence-electron chi connectivity index (χ2n) is 5.36. The molecule has 0 aromatic heterocycles. The fraction of sp³-hybridized carbons (Fsp3) is 0.294. The van der Waals surface area contributed by atoms with Crippen LogP contribution in [-0.4, -0.2) is 7.11 Å². The van der Waals surface area contributed by atoms with E-state index in [4.69, 9.17) is 15.2 Å². The van der Waals surface area contributed by atoms with Gasteiger partial charge in [0.2, 0.25) is 0 Å². The van der Waals surface area contributed by atoms with Gasteiger partial charge in [-0.1, -0.05) is 18.2 Å². The molecule has 1 aliphatic heterocycles. The van der Waals surface area contributed by atoms with E-state index in [0.717, 1.165) is 16.9 Å². The quantitative estimate of drug-likeness (QED) is 0.916. The third-order valence-electron chi connectivity index (χ3n) is 3.93. The Bertz CT molecular complexity index is 672. The first-order valence-corrected chi connectivity index (χ1v) is 6.94. The Kier molecular flexibility index (Phi) is 3.55. The standard InChI is InChI=1S/C17H18FNO2/c1-10-3-4-11(7-14(10)18)16-9-15(19)13-6-5-12(20-2)8-17(13)21-16/h3-8,15-16H,9,19H2,1-2H3/t15-,16?/m1/s1. The number of hydrogen-bond donors (Lipinski definition) is 1. The fourth-order valence-corrected chi connectivity index (χ4v) is 2.62. The van der Waals surface area contributed by atoms with Crippen LogP contribution < -0.4 is 15.2 Å². The summed E-state index contributed by atoms with van der Waals surface area (Å²) < 4.78 is 24.9. The second-order valence-corrected chi connectivity index (χ2v) is 5.36. The van der Waals surface area contributed by atoms with Crippen molar-refractivity contribution in [3.8, 4) is 11.5 Å². The zero-order valence-electron chi connectivity index (χ0n) is 12.1. The lowest BCUT2D eigenvalue weighted by Gasteiger charge is -2.31. The zero-order valence-corrected chi connectivity index (χ0v) is 12.1. The Morgan fingerprint density at radius 2 is 2.05 bits per heavy atom. The van der Waals surface area contributed by atoms with Crippen LogP contribution in [0.1, 0.15) is 35.3 Å². The lowest BCUT2D eigenvalue weighted by molar-refractivity contribution is 0.160. The van der Waals surface area contributed by atoms with Crippen molar-refractivity contribution in [3.05, 3.63) is 58.9 Å². The number of hydrogen-bond acceptors (Lipinski definition) is 3. The highest BCUT2D eigenvalue weighted by atomic mass is 19.1. The molecule has 0 radical (unpaired) electrons. The molecular formula is C17H18FNO2. The molecule has 2 N–H and O–H groups in total.